The van der Waals surface area contributed by atoms with Gasteiger partial charge in [-0.15, -0.1) is 0 Å². The van der Waals surface area contributed by atoms with Crippen LogP contribution in [-0.2, 0) is 4.74 Å². The first kappa shape index (κ1) is 16.2. The second kappa shape index (κ2) is 7.21. The van der Waals surface area contributed by atoms with Gasteiger partial charge in [-0.25, -0.2) is 14.6 Å². The van der Waals surface area contributed by atoms with E-state index in [9.17, 15) is 14.7 Å². The second-order valence-electron chi connectivity index (χ2n) is 4.28. The topological polar surface area (TPSA) is 90.9 Å². The standard InChI is InChI=1S/C12H13Br2N3O4/c13-7-5-8(11(18)19)10(9(14)6-7)15-12(20)16-17-1-3-21-4-2-17/h5-6H,1-4H2,(H,18,19)(H2,15,16,20). The molecular weight excluding hydrogens is 410 g/mol. The minimum absolute atomic E-state index is 0.00613. The number of nitrogens with zero attached hydrogens (tertiary/aromatic N) is 1. The molecule has 0 radical (unpaired) electrons. The third kappa shape index (κ3) is 4.40. The fraction of sp³-hybridized carbons (Fsp3) is 0.333. The predicted molar refractivity (Wildman–Crippen MR) is 83.3 cm³/mol. The first-order valence-corrected chi connectivity index (χ1v) is 7.68. The number of carbonyl (C=O) groups is 2. The summed E-state index contributed by atoms with van der Waals surface area (Å²) in [5.74, 6) is -1.13. The molecule has 0 saturated carbocycles. The summed E-state index contributed by atoms with van der Waals surface area (Å²) in [6, 6.07) is 2.59. The van der Waals surface area contributed by atoms with Crippen LogP contribution in [0.5, 0.6) is 0 Å². The SMILES string of the molecule is O=C(Nc1c(Br)cc(Br)cc1C(=O)O)NN1CCOCC1. The Labute approximate surface area is 137 Å². The van der Waals surface area contributed by atoms with Crippen molar-refractivity contribution in [2.24, 2.45) is 0 Å². The number of hydrogen-bond acceptors (Lipinski definition) is 4. The van der Waals surface area contributed by atoms with Gasteiger partial charge in [0.15, 0.2) is 0 Å². The van der Waals surface area contributed by atoms with Crippen LogP contribution >= 0.6 is 31.9 Å². The van der Waals surface area contributed by atoms with Gasteiger partial charge in [0.25, 0.3) is 0 Å². The lowest BCUT2D eigenvalue weighted by Gasteiger charge is -2.27. The van der Waals surface area contributed by atoms with Crippen molar-refractivity contribution in [3.05, 3.63) is 26.6 Å². The number of aromatic carboxylic acids is 1. The van der Waals surface area contributed by atoms with Gasteiger partial charge in [0.1, 0.15) is 0 Å². The number of hydrogen-bond donors (Lipinski definition) is 3. The molecule has 1 heterocycles. The van der Waals surface area contributed by atoms with E-state index in [-0.39, 0.29) is 11.3 Å². The number of amides is 2. The highest BCUT2D eigenvalue weighted by Gasteiger charge is 2.18. The number of hydrazine groups is 1. The second-order valence-corrected chi connectivity index (χ2v) is 6.05. The lowest BCUT2D eigenvalue weighted by atomic mass is 10.2. The summed E-state index contributed by atoms with van der Waals surface area (Å²) in [5.41, 5.74) is 2.85. The van der Waals surface area contributed by atoms with Crippen LogP contribution in [0.15, 0.2) is 21.1 Å². The van der Waals surface area contributed by atoms with Gasteiger partial charge in [0, 0.05) is 22.0 Å². The third-order valence-corrected chi connectivity index (χ3v) is 3.88. The molecule has 0 spiro atoms. The molecule has 3 N–H and O–H groups in total. The Kier molecular flexibility index (Phi) is 5.57. The normalized spacial score (nSPS) is 15.5. The first-order valence-electron chi connectivity index (χ1n) is 6.10. The van der Waals surface area contributed by atoms with Crippen molar-refractivity contribution in [1.82, 2.24) is 10.4 Å². The number of ether oxygens (including phenoxy) is 1. The minimum atomic E-state index is -1.13. The average molecular weight is 423 g/mol. The van der Waals surface area contributed by atoms with E-state index in [1.54, 1.807) is 11.1 Å². The Morgan fingerprint density at radius 1 is 1.24 bits per heavy atom. The van der Waals surface area contributed by atoms with Gasteiger partial charge < -0.3 is 15.2 Å². The van der Waals surface area contributed by atoms with E-state index in [1.165, 1.54) is 6.07 Å². The molecule has 0 atom stereocenters. The monoisotopic (exact) mass is 421 g/mol. The molecule has 1 saturated heterocycles. The zero-order valence-corrected chi connectivity index (χ0v) is 14.0. The van der Waals surface area contributed by atoms with Crippen molar-refractivity contribution >= 4 is 49.5 Å². The highest BCUT2D eigenvalue weighted by molar-refractivity contribution is 9.11. The maximum absolute atomic E-state index is 12.0. The van der Waals surface area contributed by atoms with Crippen LogP contribution < -0.4 is 10.7 Å². The molecule has 2 amide bonds. The molecule has 0 aliphatic carbocycles. The minimum Gasteiger partial charge on any atom is -0.478 e. The van der Waals surface area contributed by atoms with E-state index in [0.29, 0.717) is 35.2 Å². The molecule has 1 fully saturated rings. The molecule has 1 aliphatic rings. The molecule has 9 heteroatoms. The maximum atomic E-state index is 12.0. The Morgan fingerprint density at radius 2 is 1.90 bits per heavy atom. The molecule has 1 aromatic carbocycles. The van der Waals surface area contributed by atoms with Gasteiger partial charge in [0.2, 0.25) is 0 Å². The molecule has 114 valence electrons. The number of carbonyl (C=O) groups excluding carboxylic acids is 1. The number of halogens is 2. The lowest BCUT2D eigenvalue weighted by molar-refractivity contribution is 0.0207. The molecule has 0 unspecified atom stereocenters. The van der Waals surface area contributed by atoms with Crippen molar-refractivity contribution < 1.29 is 19.4 Å². The van der Waals surface area contributed by atoms with Crippen molar-refractivity contribution in [1.29, 1.82) is 0 Å². The van der Waals surface area contributed by atoms with Crippen LogP contribution in [0.1, 0.15) is 10.4 Å². The van der Waals surface area contributed by atoms with E-state index < -0.39 is 12.0 Å². The van der Waals surface area contributed by atoms with Crippen molar-refractivity contribution in [2.45, 2.75) is 0 Å². The number of benzene rings is 1. The van der Waals surface area contributed by atoms with Gasteiger partial charge in [-0.3, -0.25) is 5.43 Å². The predicted octanol–water partition coefficient (Wildman–Crippen LogP) is 2.28. The average Bonchev–Trinajstić information content (AvgIpc) is 2.42. The van der Waals surface area contributed by atoms with Crippen LogP contribution in [0.2, 0.25) is 0 Å². The zero-order valence-electron chi connectivity index (χ0n) is 10.9. The number of carboxylic acid groups (broad SMARTS) is 1. The highest BCUT2D eigenvalue weighted by Crippen LogP contribution is 2.30. The maximum Gasteiger partial charge on any atom is 0.337 e. The van der Waals surface area contributed by atoms with Crippen LogP contribution in [0.25, 0.3) is 0 Å². The number of rotatable bonds is 3. The number of morpholine rings is 1. The van der Waals surface area contributed by atoms with E-state index in [1.807, 2.05) is 0 Å². The number of anilines is 1. The molecule has 1 aliphatic heterocycles. The van der Waals surface area contributed by atoms with Gasteiger partial charge >= 0.3 is 12.0 Å². The van der Waals surface area contributed by atoms with Crippen molar-refractivity contribution in [2.75, 3.05) is 31.6 Å². The Balaban J connectivity index is 2.11. The van der Waals surface area contributed by atoms with Gasteiger partial charge in [-0.2, -0.15) is 0 Å². The van der Waals surface area contributed by atoms with Crippen molar-refractivity contribution in [3.8, 4) is 0 Å². The largest absolute Gasteiger partial charge is 0.478 e. The molecule has 21 heavy (non-hydrogen) atoms. The highest BCUT2D eigenvalue weighted by atomic mass is 79.9. The number of carboxylic acids is 1. The molecule has 0 aromatic heterocycles. The summed E-state index contributed by atoms with van der Waals surface area (Å²) >= 11 is 6.47. The van der Waals surface area contributed by atoms with E-state index in [0.717, 1.165) is 0 Å². The summed E-state index contributed by atoms with van der Waals surface area (Å²) in [5, 5.41) is 13.5. The molecular formula is C12H13Br2N3O4. The molecule has 7 nitrogen and oxygen atoms in total. The molecule has 1 aromatic rings. The van der Waals surface area contributed by atoms with Crippen LogP contribution in [0.3, 0.4) is 0 Å². The summed E-state index contributed by atoms with van der Waals surface area (Å²) < 4.78 is 6.26. The lowest BCUT2D eigenvalue weighted by Crippen LogP contribution is -2.49. The first-order chi connectivity index (χ1) is 9.97. The van der Waals surface area contributed by atoms with Crippen LogP contribution in [0.4, 0.5) is 10.5 Å². The van der Waals surface area contributed by atoms with E-state index in [4.69, 9.17) is 4.74 Å². The Hall–Kier alpha value is -1.16. The van der Waals surface area contributed by atoms with Gasteiger partial charge in [-0.05, 0) is 28.1 Å². The van der Waals surface area contributed by atoms with Crippen LogP contribution in [0, 0.1) is 0 Å². The summed E-state index contributed by atoms with van der Waals surface area (Å²) in [6.45, 7) is 2.26. The summed E-state index contributed by atoms with van der Waals surface area (Å²) in [4.78, 5) is 23.2. The molecule has 2 rings (SSSR count). The zero-order chi connectivity index (χ0) is 15.4. The Bertz CT molecular complexity index is 562. The summed E-state index contributed by atoms with van der Waals surface area (Å²) in [6.07, 6.45) is 0. The van der Waals surface area contributed by atoms with Crippen molar-refractivity contribution in [3.63, 3.8) is 0 Å². The van der Waals surface area contributed by atoms with E-state index in [2.05, 4.69) is 42.6 Å². The third-order valence-electron chi connectivity index (χ3n) is 2.79. The smallest absolute Gasteiger partial charge is 0.337 e. The fourth-order valence-corrected chi connectivity index (χ4v) is 3.15. The molecule has 0 bridgehead atoms. The van der Waals surface area contributed by atoms with Gasteiger partial charge in [-0.1, -0.05) is 15.9 Å². The fourth-order valence-electron chi connectivity index (χ4n) is 1.83. The van der Waals surface area contributed by atoms with E-state index >= 15 is 0 Å². The number of nitrogens with one attached hydrogen (secondary N) is 2. The van der Waals surface area contributed by atoms with Gasteiger partial charge in [0.05, 0.1) is 24.5 Å². The number of urea groups is 1. The quantitative estimate of drug-likeness (QED) is 0.695. The Morgan fingerprint density at radius 3 is 2.52 bits per heavy atom. The summed E-state index contributed by atoms with van der Waals surface area (Å²) in [7, 11) is 0. The van der Waals surface area contributed by atoms with Crippen LogP contribution in [-0.4, -0.2) is 48.4 Å².